The Morgan fingerprint density at radius 3 is 3.00 bits per heavy atom. The molecule has 12 heavy (non-hydrogen) atoms. The van der Waals surface area contributed by atoms with Gasteiger partial charge in [0.25, 0.3) is 0 Å². The molecule has 0 fully saturated rings. The van der Waals surface area contributed by atoms with Gasteiger partial charge < -0.3 is 9.52 Å². The molecule has 1 aromatic rings. The van der Waals surface area contributed by atoms with Crippen LogP contribution in [0.4, 0.5) is 0 Å². The first-order chi connectivity index (χ1) is 5.83. The van der Waals surface area contributed by atoms with Gasteiger partial charge in [-0.25, -0.2) is 0 Å². The molecule has 0 spiro atoms. The Morgan fingerprint density at radius 1 is 1.58 bits per heavy atom. The molecule has 0 aromatic carbocycles. The minimum absolute atomic E-state index is 0.240. The molecule has 1 N–H and O–H groups in total. The van der Waals surface area contributed by atoms with Crippen molar-refractivity contribution in [3.05, 3.63) is 24.2 Å². The molecule has 0 aliphatic rings. The highest BCUT2D eigenvalue weighted by Crippen LogP contribution is 2.08. The topological polar surface area (TPSA) is 33.4 Å². The number of hydrogen-bond acceptors (Lipinski definition) is 2. The van der Waals surface area contributed by atoms with Gasteiger partial charge in [0.2, 0.25) is 0 Å². The molecule has 1 rings (SSSR count). The molecule has 2 nitrogen and oxygen atoms in total. The van der Waals surface area contributed by atoms with Crippen LogP contribution in [0.1, 0.15) is 31.9 Å². The molecule has 0 amide bonds. The maximum Gasteiger partial charge on any atom is 0.106 e. The molecule has 0 aliphatic carbocycles. The van der Waals surface area contributed by atoms with Crippen molar-refractivity contribution in [3.63, 3.8) is 0 Å². The monoisotopic (exact) mass is 168 g/mol. The van der Waals surface area contributed by atoms with Crippen molar-refractivity contribution in [1.82, 2.24) is 0 Å². The Bertz CT molecular complexity index is 192. The number of aliphatic hydroxyl groups is 1. The van der Waals surface area contributed by atoms with Crippen molar-refractivity contribution in [2.45, 2.75) is 38.7 Å². The van der Waals surface area contributed by atoms with E-state index in [1.54, 1.807) is 6.26 Å². The Hall–Kier alpha value is -0.760. The smallest absolute Gasteiger partial charge is 0.106 e. The van der Waals surface area contributed by atoms with Crippen molar-refractivity contribution in [3.8, 4) is 0 Å². The van der Waals surface area contributed by atoms with Gasteiger partial charge in [0.1, 0.15) is 5.76 Å². The number of aliphatic hydroxyl groups excluding tert-OH is 1. The van der Waals surface area contributed by atoms with Crippen LogP contribution in [-0.4, -0.2) is 11.2 Å². The molecule has 1 atom stereocenters. The summed E-state index contributed by atoms with van der Waals surface area (Å²) < 4.78 is 5.12. The van der Waals surface area contributed by atoms with Crippen LogP contribution in [0.15, 0.2) is 22.8 Å². The average Bonchev–Trinajstić information content (AvgIpc) is 2.53. The lowest BCUT2D eigenvalue weighted by Gasteiger charge is -2.06. The van der Waals surface area contributed by atoms with Crippen LogP contribution in [0.3, 0.4) is 0 Å². The molecule has 1 unspecified atom stereocenters. The number of rotatable bonds is 5. The molecule has 0 aliphatic heterocycles. The van der Waals surface area contributed by atoms with E-state index >= 15 is 0 Å². The summed E-state index contributed by atoms with van der Waals surface area (Å²) in [6.45, 7) is 2.12. The Morgan fingerprint density at radius 2 is 2.42 bits per heavy atom. The van der Waals surface area contributed by atoms with Crippen LogP contribution < -0.4 is 0 Å². The van der Waals surface area contributed by atoms with E-state index in [-0.39, 0.29) is 6.10 Å². The third-order valence-corrected chi connectivity index (χ3v) is 1.91. The lowest BCUT2D eigenvalue weighted by Crippen LogP contribution is -2.09. The molecule has 68 valence electrons. The fourth-order valence-electron chi connectivity index (χ4n) is 1.20. The second-order valence-corrected chi connectivity index (χ2v) is 3.08. The molecule has 1 heterocycles. The minimum atomic E-state index is -0.240. The van der Waals surface area contributed by atoms with Crippen LogP contribution in [0.5, 0.6) is 0 Å². The summed E-state index contributed by atoms with van der Waals surface area (Å²) in [6.07, 6.45) is 5.14. The first-order valence-corrected chi connectivity index (χ1v) is 4.53. The maximum atomic E-state index is 9.49. The van der Waals surface area contributed by atoms with E-state index in [1.165, 1.54) is 0 Å². The van der Waals surface area contributed by atoms with Gasteiger partial charge in [0.05, 0.1) is 12.4 Å². The van der Waals surface area contributed by atoms with Gasteiger partial charge in [-0.2, -0.15) is 0 Å². The largest absolute Gasteiger partial charge is 0.469 e. The second-order valence-electron chi connectivity index (χ2n) is 3.08. The lowest BCUT2D eigenvalue weighted by molar-refractivity contribution is 0.154. The van der Waals surface area contributed by atoms with E-state index in [0.717, 1.165) is 25.0 Å². The summed E-state index contributed by atoms with van der Waals surface area (Å²) in [4.78, 5) is 0. The predicted molar refractivity (Wildman–Crippen MR) is 47.9 cm³/mol. The van der Waals surface area contributed by atoms with Crippen LogP contribution in [0, 0.1) is 0 Å². The van der Waals surface area contributed by atoms with E-state index < -0.39 is 0 Å². The van der Waals surface area contributed by atoms with Crippen LogP contribution in [0.2, 0.25) is 0 Å². The highest BCUT2D eigenvalue weighted by atomic mass is 16.3. The fourth-order valence-corrected chi connectivity index (χ4v) is 1.20. The van der Waals surface area contributed by atoms with E-state index in [4.69, 9.17) is 4.42 Å². The molecule has 1 aromatic heterocycles. The molecular weight excluding hydrogens is 152 g/mol. The number of furan rings is 1. The summed E-state index contributed by atoms with van der Waals surface area (Å²) in [7, 11) is 0. The van der Waals surface area contributed by atoms with Crippen LogP contribution in [-0.2, 0) is 6.42 Å². The fraction of sp³-hybridized carbons (Fsp3) is 0.600. The Labute approximate surface area is 73.2 Å². The molecule has 0 saturated carbocycles. The number of unbranched alkanes of at least 4 members (excludes halogenated alkanes) is 1. The average molecular weight is 168 g/mol. The molecule has 2 heteroatoms. The molecule has 0 bridgehead atoms. The molecule has 0 radical (unpaired) electrons. The zero-order valence-corrected chi connectivity index (χ0v) is 7.49. The third kappa shape index (κ3) is 3.09. The summed E-state index contributed by atoms with van der Waals surface area (Å²) in [5.74, 6) is 0.874. The molecule has 0 saturated heterocycles. The third-order valence-electron chi connectivity index (χ3n) is 1.91. The molecular formula is C10H16O2. The summed E-state index contributed by atoms with van der Waals surface area (Å²) in [6, 6.07) is 3.75. The SMILES string of the molecule is CCCCC(O)Cc1ccco1. The van der Waals surface area contributed by atoms with Gasteiger partial charge in [0.15, 0.2) is 0 Å². The highest BCUT2D eigenvalue weighted by Gasteiger charge is 2.05. The van der Waals surface area contributed by atoms with Crippen molar-refractivity contribution in [2.24, 2.45) is 0 Å². The van der Waals surface area contributed by atoms with Gasteiger partial charge in [-0.05, 0) is 18.6 Å². The van der Waals surface area contributed by atoms with Gasteiger partial charge in [-0.15, -0.1) is 0 Å². The standard InChI is InChI=1S/C10H16O2/c1-2-3-5-9(11)8-10-6-4-7-12-10/h4,6-7,9,11H,2-3,5,8H2,1H3. The van der Waals surface area contributed by atoms with Crippen molar-refractivity contribution < 1.29 is 9.52 Å². The zero-order chi connectivity index (χ0) is 8.81. The van der Waals surface area contributed by atoms with E-state index in [9.17, 15) is 5.11 Å². The quantitative estimate of drug-likeness (QED) is 0.732. The first kappa shape index (κ1) is 9.33. The van der Waals surface area contributed by atoms with E-state index in [0.29, 0.717) is 6.42 Å². The predicted octanol–water partition coefficient (Wildman–Crippen LogP) is 2.37. The van der Waals surface area contributed by atoms with Gasteiger partial charge in [-0.3, -0.25) is 0 Å². The van der Waals surface area contributed by atoms with Gasteiger partial charge >= 0.3 is 0 Å². The van der Waals surface area contributed by atoms with Crippen molar-refractivity contribution in [1.29, 1.82) is 0 Å². The summed E-state index contributed by atoms with van der Waals surface area (Å²) >= 11 is 0. The highest BCUT2D eigenvalue weighted by molar-refractivity contribution is 4.99. The van der Waals surface area contributed by atoms with E-state index in [1.807, 2.05) is 12.1 Å². The Kier molecular flexibility index (Phi) is 3.88. The van der Waals surface area contributed by atoms with Crippen LogP contribution >= 0.6 is 0 Å². The van der Waals surface area contributed by atoms with Crippen molar-refractivity contribution in [2.75, 3.05) is 0 Å². The first-order valence-electron chi connectivity index (χ1n) is 4.53. The summed E-state index contributed by atoms with van der Waals surface area (Å²) in [5.41, 5.74) is 0. The summed E-state index contributed by atoms with van der Waals surface area (Å²) in [5, 5.41) is 9.49. The normalized spacial score (nSPS) is 13.2. The van der Waals surface area contributed by atoms with Gasteiger partial charge in [0, 0.05) is 6.42 Å². The number of hydrogen-bond donors (Lipinski definition) is 1. The Balaban J connectivity index is 2.22. The van der Waals surface area contributed by atoms with Gasteiger partial charge in [-0.1, -0.05) is 19.8 Å². The van der Waals surface area contributed by atoms with Crippen LogP contribution in [0.25, 0.3) is 0 Å². The lowest BCUT2D eigenvalue weighted by atomic mass is 10.1. The maximum absolute atomic E-state index is 9.49. The zero-order valence-electron chi connectivity index (χ0n) is 7.49. The second kappa shape index (κ2) is 4.99. The van der Waals surface area contributed by atoms with E-state index in [2.05, 4.69) is 6.92 Å². The minimum Gasteiger partial charge on any atom is -0.469 e. The van der Waals surface area contributed by atoms with Crippen molar-refractivity contribution >= 4 is 0 Å².